The quantitative estimate of drug-likeness (QED) is 0.360. The highest BCUT2D eigenvalue weighted by Crippen LogP contribution is 2.20. The summed E-state index contributed by atoms with van der Waals surface area (Å²) in [5.74, 6) is 0.191. The highest BCUT2D eigenvalue weighted by Gasteiger charge is 2.02. The van der Waals surface area contributed by atoms with Crippen LogP contribution in [0.1, 0.15) is 51.9 Å². The third-order valence-corrected chi connectivity index (χ3v) is 2.49. The summed E-state index contributed by atoms with van der Waals surface area (Å²) in [6.45, 7) is 1.89. The van der Waals surface area contributed by atoms with Gasteiger partial charge in [-0.15, -0.1) is 5.73 Å². The van der Waals surface area contributed by atoms with Crippen molar-refractivity contribution < 1.29 is 4.79 Å². The van der Waals surface area contributed by atoms with E-state index < -0.39 is 0 Å². The van der Waals surface area contributed by atoms with Crippen LogP contribution in [0.4, 0.5) is 0 Å². The van der Waals surface area contributed by atoms with Crippen LogP contribution in [0.3, 0.4) is 0 Å². The van der Waals surface area contributed by atoms with Gasteiger partial charge in [0, 0.05) is 12.5 Å². The van der Waals surface area contributed by atoms with Crippen molar-refractivity contribution in [3.05, 3.63) is 17.4 Å². The number of ketones is 1. The first-order valence-electron chi connectivity index (χ1n) is 5.30. The van der Waals surface area contributed by atoms with E-state index in [4.69, 9.17) is 0 Å². The van der Waals surface area contributed by atoms with E-state index in [1.807, 2.05) is 6.92 Å². The van der Waals surface area contributed by atoms with Crippen LogP contribution in [0.5, 0.6) is 0 Å². The topological polar surface area (TPSA) is 17.1 Å². The molecular formula is C12H18O. The van der Waals surface area contributed by atoms with Gasteiger partial charge in [-0.3, -0.25) is 4.79 Å². The van der Waals surface area contributed by atoms with E-state index in [0.717, 1.165) is 12.8 Å². The molecule has 13 heavy (non-hydrogen) atoms. The Kier molecular flexibility index (Phi) is 4.56. The molecule has 1 aliphatic carbocycles. The molecule has 1 fully saturated rings. The van der Waals surface area contributed by atoms with E-state index in [9.17, 15) is 4.79 Å². The number of carbonyl (C=O) groups excluding carboxylic acids is 1. The van der Waals surface area contributed by atoms with Crippen LogP contribution in [-0.2, 0) is 4.79 Å². The molecule has 0 N–H and O–H groups in total. The van der Waals surface area contributed by atoms with Crippen LogP contribution in [0, 0.1) is 0 Å². The molecule has 0 radical (unpaired) electrons. The highest BCUT2D eigenvalue weighted by atomic mass is 16.1. The minimum atomic E-state index is 0.191. The normalized spacial score (nSPS) is 17.5. The minimum Gasteiger partial charge on any atom is -0.294 e. The molecule has 1 saturated carbocycles. The number of hydrogen-bond donors (Lipinski definition) is 0. The summed E-state index contributed by atoms with van der Waals surface area (Å²) in [6, 6.07) is 0. The van der Waals surface area contributed by atoms with Crippen molar-refractivity contribution >= 4 is 5.78 Å². The Morgan fingerprint density at radius 2 is 1.92 bits per heavy atom. The molecular weight excluding hydrogens is 160 g/mol. The molecule has 72 valence electrons. The molecule has 0 amide bonds. The Morgan fingerprint density at radius 3 is 2.46 bits per heavy atom. The number of hydrogen-bond acceptors (Lipinski definition) is 1. The Bertz CT molecular complexity index is 222. The van der Waals surface area contributed by atoms with Crippen molar-refractivity contribution in [2.24, 2.45) is 0 Å². The zero-order valence-corrected chi connectivity index (χ0v) is 8.44. The van der Waals surface area contributed by atoms with Gasteiger partial charge in [0.05, 0.1) is 0 Å². The molecule has 0 aromatic rings. The molecule has 0 atom stereocenters. The molecule has 0 aromatic heterocycles. The molecule has 0 bridgehead atoms. The van der Waals surface area contributed by atoms with E-state index >= 15 is 0 Å². The van der Waals surface area contributed by atoms with E-state index in [1.165, 1.54) is 31.3 Å². The van der Waals surface area contributed by atoms with Crippen molar-refractivity contribution in [3.8, 4) is 0 Å². The van der Waals surface area contributed by atoms with Gasteiger partial charge in [-0.2, -0.15) is 0 Å². The molecule has 1 heteroatoms. The van der Waals surface area contributed by atoms with Gasteiger partial charge in [0.15, 0.2) is 5.78 Å². The Hall–Kier alpha value is -0.810. The van der Waals surface area contributed by atoms with Gasteiger partial charge in [0.1, 0.15) is 0 Å². The van der Waals surface area contributed by atoms with Gasteiger partial charge >= 0.3 is 0 Å². The molecule has 1 rings (SSSR count). The maximum atomic E-state index is 11.0. The van der Waals surface area contributed by atoms with Gasteiger partial charge in [0.25, 0.3) is 0 Å². The SMILES string of the molecule is CCC(=O)C=C=C1CCCCCC1. The summed E-state index contributed by atoms with van der Waals surface area (Å²) in [6.07, 6.45) is 9.74. The molecule has 1 nitrogen and oxygen atoms in total. The summed E-state index contributed by atoms with van der Waals surface area (Å²) in [5.41, 5.74) is 4.50. The lowest BCUT2D eigenvalue weighted by Crippen LogP contribution is -1.86. The summed E-state index contributed by atoms with van der Waals surface area (Å²) >= 11 is 0. The average Bonchev–Trinajstić information content (AvgIpc) is 2.42. The van der Waals surface area contributed by atoms with Gasteiger partial charge < -0.3 is 0 Å². The lowest BCUT2D eigenvalue weighted by molar-refractivity contribution is -0.114. The van der Waals surface area contributed by atoms with Crippen LogP contribution >= 0.6 is 0 Å². The predicted octanol–water partition coefficient (Wildman–Crippen LogP) is 3.40. The average molecular weight is 178 g/mol. The first kappa shape index (κ1) is 10.3. The summed E-state index contributed by atoms with van der Waals surface area (Å²) in [7, 11) is 0. The zero-order chi connectivity index (χ0) is 9.52. The second kappa shape index (κ2) is 5.77. The molecule has 0 aromatic carbocycles. The van der Waals surface area contributed by atoms with Crippen molar-refractivity contribution in [3.63, 3.8) is 0 Å². The Labute approximate surface area is 80.5 Å². The second-order valence-electron chi connectivity index (χ2n) is 3.63. The summed E-state index contributed by atoms with van der Waals surface area (Å²) < 4.78 is 0. The minimum absolute atomic E-state index is 0.191. The van der Waals surface area contributed by atoms with Crippen LogP contribution in [0.15, 0.2) is 17.4 Å². The van der Waals surface area contributed by atoms with Gasteiger partial charge in [-0.25, -0.2) is 0 Å². The van der Waals surface area contributed by atoms with Crippen LogP contribution in [0.25, 0.3) is 0 Å². The molecule has 0 aliphatic heterocycles. The number of rotatable bonds is 2. The number of allylic oxidation sites excluding steroid dienone is 1. The van der Waals surface area contributed by atoms with Crippen LogP contribution in [0.2, 0.25) is 0 Å². The van der Waals surface area contributed by atoms with Crippen molar-refractivity contribution in [2.45, 2.75) is 51.9 Å². The Balaban J connectivity index is 2.56. The van der Waals surface area contributed by atoms with Gasteiger partial charge in [-0.05, 0) is 31.3 Å². The lowest BCUT2D eigenvalue weighted by atomic mass is 10.1. The van der Waals surface area contributed by atoms with E-state index in [0.29, 0.717) is 6.42 Å². The van der Waals surface area contributed by atoms with Gasteiger partial charge in [0.2, 0.25) is 0 Å². The first-order valence-corrected chi connectivity index (χ1v) is 5.30. The van der Waals surface area contributed by atoms with Gasteiger partial charge in [-0.1, -0.05) is 19.8 Å². The molecule has 0 heterocycles. The molecule has 0 spiro atoms. The van der Waals surface area contributed by atoms with Crippen LogP contribution in [-0.4, -0.2) is 5.78 Å². The maximum absolute atomic E-state index is 11.0. The third kappa shape index (κ3) is 4.10. The second-order valence-corrected chi connectivity index (χ2v) is 3.63. The number of carbonyl (C=O) groups is 1. The smallest absolute Gasteiger partial charge is 0.163 e. The molecule has 0 unspecified atom stereocenters. The summed E-state index contributed by atoms with van der Waals surface area (Å²) in [5, 5.41) is 0. The molecule has 0 saturated heterocycles. The Morgan fingerprint density at radius 1 is 1.31 bits per heavy atom. The third-order valence-electron chi connectivity index (χ3n) is 2.49. The van der Waals surface area contributed by atoms with Crippen molar-refractivity contribution in [1.29, 1.82) is 0 Å². The van der Waals surface area contributed by atoms with E-state index in [1.54, 1.807) is 6.08 Å². The lowest BCUT2D eigenvalue weighted by Gasteiger charge is -1.95. The van der Waals surface area contributed by atoms with Crippen LogP contribution < -0.4 is 0 Å². The molecule has 1 aliphatic rings. The fourth-order valence-corrected chi connectivity index (χ4v) is 1.58. The largest absolute Gasteiger partial charge is 0.294 e. The van der Waals surface area contributed by atoms with E-state index in [-0.39, 0.29) is 5.78 Å². The van der Waals surface area contributed by atoms with Crippen molar-refractivity contribution in [2.75, 3.05) is 0 Å². The fraction of sp³-hybridized carbons (Fsp3) is 0.667. The standard InChI is InChI=1S/C12H18O/c1-2-12(13)10-9-11-7-5-3-4-6-8-11/h10H,2-8H2,1H3. The predicted molar refractivity (Wildman–Crippen MR) is 54.6 cm³/mol. The fourth-order valence-electron chi connectivity index (χ4n) is 1.58. The zero-order valence-electron chi connectivity index (χ0n) is 8.44. The first-order chi connectivity index (χ1) is 6.33. The van der Waals surface area contributed by atoms with E-state index in [2.05, 4.69) is 5.73 Å². The maximum Gasteiger partial charge on any atom is 0.163 e. The van der Waals surface area contributed by atoms with Crippen molar-refractivity contribution in [1.82, 2.24) is 0 Å². The highest BCUT2D eigenvalue weighted by molar-refractivity contribution is 5.89. The summed E-state index contributed by atoms with van der Waals surface area (Å²) in [4.78, 5) is 11.0. The monoisotopic (exact) mass is 178 g/mol.